The number of nitrogens with one attached hydrogen (secondary N) is 2. The van der Waals surface area contributed by atoms with Crippen LogP contribution in [0.4, 0.5) is 5.69 Å². The van der Waals surface area contributed by atoms with E-state index in [-0.39, 0.29) is 17.4 Å². The number of benzene rings is 2. The number of aryl methyl sites for hydroxylation is 1. The first-order chi connectivity index (χ1) is 24.5. The molecule has 4 heterocycles. The number of halogens is 1. The fourth-order valence-electron chi connectivity index (χ4n) is 8.27. The molecule has 1 fully saturated rings. The second-order valence-electron chi connectivity index (χ2n) is 14.9. The maximum absolute atomic E-state index is 13.6. The molecule has 1 aliphatic carbocycles. The molecule has 11 nitrogen and oxygen atoms in total. The van der Waals surface area contributed by atoms with Crippen molar-refractivity contribution in [2.45, 2.75) is 82.8 Å². The lowest BCUT2D eigenvalue weighted by atomic mass is 9.63. The molecule has 1 aromatic heterocycles. The van der Waals surface area contributed by atoms with Gasteiger partial charge >= 0.3 is 0 Å². The molecule has 4 aliphatic rings. The highest BCUT2D eigenvalue weighted by molar-refractivity contribution is 7.90. The van der Waals surface area contributed by atoms with E-state index in [4.69, 9.17) is 21.1 Å². The normalized spacial score (nSPS) is 29.2. The first-order valence-corrected chi connectivity index (χ1v) is 20.2. The minimum absolute atomic E-state index is 0.224. The molecule has 1 amide bonds. The molecule has 3 aliphatic heterocycles. The van der Waals surface area contributed by atoms with Crippen LogP contribution in [0.3, 0.4) is 0 Å². The van der Waals surface area contributed by atoms with Gasteiger partial charge < -0.3 is 14.4 Å². The number of sulfonamides is 1. The Morgan fingerprint density at radius 2 is 1.88 bits per heavy atom. The smallest absolute Gasteiger partial charge is 0.264 e. The third-order valence-corrected chi connectivity index (χ3v) is 13.9. The minimum atomic E-state index is -3.97. The summed E-state index contributed by atoms with van der Waals surface area (Å²) in [6, 6.07) is 11.2. The maximum Gasteiger partial charge on any atom is 0.264 e. The van der Waals surface area contributed by atoms with E-state index in [2.05, 4.69) is 42.1 Å². The number of ether oxygens (including phenoxy) is 2. The maximum atomic E-state index is 13.6. The minimum Gasteiger partial charge on any atom is -0.487 e. The third-order valence-electron chi connectivity index (χ3n) is 11.8. The number of hydrogen-bond donors (Lipinski definition) is 2. The summed E-state index contributed by atoms with van der Waals surface area (Å²) >= 11 is 6.39. The van der Waals surface area contributed by atoms with Crippen LogP contribution < -0.4 is 14.4 Å². The topological polar surface area (TPSA) is 130 Å². The molecule has 2 bridgehead atoms. The number of aromatic amines is 1. The van der Waals surface area contributed by atoms with Gasteiger partial charge in [0.1, 0.15) is 18.0 Å². The van der Waals surface area contributed by atoms with Crippen molar-refractivity contribution in [2.75, 3.05) is 38.2 Å². The molecule has 2 aromatic carbocycles. The molecule has 13 heteroatoms. The van der Waals surface area contributed by atoms with Gasteiger partial charge in [-0.2, -0.15) is 15.4 Å². The Morgan fingerprint density at radius 1 is 1.04 bits per heavy atom. The molecule has 2 N–H and O–H groups in total. The van der Waals surface area contributed by atoms with Gasteiger partial charge in [0.25, 0.3) is 5.91 Å². The Balaban J connectivity index is 1.27. The predicted octanol–water partition coefficient (Wildman–Crippen LogP) is 5.69. The Hall–Kier alpha value is -3.45. The van der Waals surface area contributed by atoms with E-state index in [1.54, 1.807) is 19.1 Å². The van der Waals surface area contributed by atoms with E-state index < -0.39 is 26.8 Å². The summed E-state index contributed by atoms with van der Waals surface area (Å²) in [5, 5.41) is 11.4. The summed E-state index contributed by atoms with van der Waals surface area (Å²) in [7, 11) is -2.16. The fraction of sp³-hybridized carbons (Fsp3) is 0.553. The number of methoxy groups -OCH3 is 1. The van der Waals surface area contributed by atoms with Crippen molar-refractivity contribution in [3.63, 3.8) is 0 Å². The largest absolute Gasteiger partial charge is 0.487 e. The van der Waals surface area contributed by atoms with Crippen molar-refractivity contribution in [1.29, 1.82) is 0 Å². The number of aromatic nitrogens is 3. The monoisotopic (exact) mass is 736 g/mol. The SMILES string of the molecule is CO[C@@]1(CN2CCc3n[nH]nc3C2)/C=C/C[C@H](C)[C@@H](C)S(=O)(=O)NC(=O)c2ccc3c(c2)N(CCCCc2cc(Cl)ccc2CO3)C[C@@H]2CC[C@H]21. The van der Waals surface area contributed by atoms with E-state index >= 15 is 0 Å². The molecule has 0 saturated heterocycles. The van der Waals surface area contributed by atoms with Crippen LogP contribution in [0, 0.1) is 17.8 Å². The number of H-pyrrole nitrogens is 1. The van der Waals surface area contributed by atoms with E-state index in [0.717, 1.165) is 80.8 Å². The number of carbonyl (C=O) groups is 1. The van der Waals surface area contributed by atoms with E-state index in [9.17, 15) is 13.2 Å². The Morgan fingerprint density at radius 3 is 2.69 bits per heavy atom. The predicted molar refractivity (Wildman–Crippen MR) is 197 cm³/mol. The van der Waals surface area contributed by atoms with Crippen LogP contribution in [0.25, 0.3) is 0 Å². The second kappa shape index (κ2) is 14.9. The van der Waals surface area contributed by atoms with Gasteiger partial charge in [0, 0.05) is 56.8 Å². The van der Waals surface area contributed by atoms with Crippen LogP contribution >= 0.6 is 11.6 Å². The lowest BCUT2D eigenvalue weighted by Gasteiger charge is -2.51. The molecule has 0 unspecified atom stereocenters. The van der Waals surface area contributed by atoms with Crippen molar-refractivity contribution in [2.24, 2.45) is 17.8 Å². The number of amides is 1. The van der Waals surface area contributed by atoms with Crippen LogP contribution in [0.1, 0.15) is 78.8 Å². The van der Waals surface area contributed by atoms with Gasteiger partial charge in [-0.3, -0.25) is 9.69 Å². The molecule has 7 rings (SSSR count). The quantitative estimate of drug-likeness (QED) is 0.326. The lowest BCUT2D eigenvalue weighted by molar-refractivity contribution is -0.0932. The van der Waals surface area contributed by atoms with E-state index in [0.29, 0.717) is 42.8 Å². The van der Waals surface area contributed by atoms with E-state index in [1.807, 2.05) is 38.3 Å². The average Bonchev–Trinajstić information content (AvgIpc) is 3.56. The number of fused-ring (bicyclic) bond motifs is 4. The molecule has 51 heavy (non-hydrogen) atoms. The van der Waals surface area contributed by atoms with Gasteiger partial charge in [-0.15, -0.1) is 0 Å². The van der Waals surface area contributed by atoms with Crippen molar-refractivity contribution >= 4 is 33.2 Å². The van der Waals surface area contributed by atoms with Crippen molar-refractivity contribution < 1.29 is 22.7 Å². The molecule has 274 valence electrons. The van der Waals surface area contributed by atoms with Crippen LogP contribution in [-0.2, 0) is 40.8 Å². The molecule has 1 saturated carbocycles. The molecule has 0 radical (unpaired) electrons. The van der Waals surface area contributed by atoms with Gasteiger partial charge in [-0.1, -0.05) is 36.7 Å². The number of carbonyl (C=O) groups excluding carboxylic acids is 1. The summed E-state index contributed by atoms with van der Waals surface area (Å²) in [5.74, 6) is 0.324. The summed E-state index contributed by atoms with van der Waals surface area (Å²) in [5.41, 5.74) is 4.75. The third kappa shape index (κ3) is 7.56. The van der Waals surface area contributed by atoms with Crippen LogP contribution in [0.5, 0.6) is 5.75 Å². The molecular weight excluding hydrogens is 688 g/mol. The van der Waals surface area contributed by atoms with Gasteiger partial charge in [-0.25, -0.2) is 13.1 Å². The zero-order valence-electron chi connectivity index (χ0n) is 29.7. The molecule has 3 aromatic rings. The highest BCUT2D eigenvalue weighted by Gasteiger charge is 2.48. The fourth-order valence-corrected chi connectivity index (χ4v) is 9.75. The zero-order chi connectivity index (χ0) is 35.8. The number of anilines is 1. The summed E-state index contributed by atoms with van der Waals surface area (Å²) in [6.07, 6.45) is 10.5. The van der Waals surface area contributed by atoms with Gasteiger partial charge in [-0.05, 0) is 105 Å². The number of hydrogen-bond acceptors (Lipinski definition) is 9. The zero-order valence-corrected chi connectivity index (χ0v) is 31.3. The number of allylic oxidation sites excluding steroid dienone is 1. The number of nitrogens with zero attached hydrogens (tertiary/aromatic N) is 4. The Kier molecular flexibility index (Phi) is 10.5. The van der Waals surface area contributed by atoms with Gasteiger partial charge in [0.15, 0.2) is 0 Å². The highest BCUT2D eigenvalue weighted by atomic mass is 35.5. The van der Waals surface area contributed by atoms with Gasteiger partial charge in [0.05, 0.1) is 22.3 Å². The summed E-state index contributed by atoms with van der Waals surface area (Å²) in [6.45, 7) is 7.69. The Labute approximate surface area is 306 Å². The molecule has 0 spiro atoms. The first-order valence-electron chi connectivity index (χ1n) is 18.2. The van der Waals surface area contributed by atoms with Crippen molar-refractivity contribution in [3.8, 4) is 5.75 Å². The standard InChI is InChI=1S/C38H49ClN6O5S/c1-25-7-6-16-38(49-3,24-44-18-15-33-34(22-44)41-43-40-33)32-13-10-29(32)21-45-17-5-4-8-27-19-31(39)12-9-30(27)23-50-36-14-11-28(20-35(36)45)37(46)42-51(47,48)26(25)2/h6,9,11-12,14,16,19-20,25-26,29,32H,4-5,7-8,10,13,15,17-18,21-24H2,1-3H3,(H,42,46)(H,40,41,43)/b16-6+/t25-,26+,29-,32+,38+/m0/s1. The van der Waals surface area contributed by atoms with E-state index in [1.165, 1.54) is 5.56 Å². The number of rotatable bonds is 3. The average molecular weight is 737 g/mol. The van der Waals surface area contributed by atoms with Crippen LogP contribution in [0.15, 0.2) is 48.6 Å². The summed E-state index contributed by atoms with van der Waals surface area (Å²) in [4.78, 5) is 18.3. The van der Waals surface area contributed by atoms with Crippen molar-refractivity contribution in [3.05, 3.63) is 81.7 Å². The lowest BCUT2D eigenvalue weighted by Crippen LogP contribution is -2.56. The van der Waals surface area contributed by atoms with Crippen LogP contribution in [0.2, 0.25) is 5.02 Å². The first kappa shape index (κ1) is 35.9. The van der Waals surface area contributed by atoms with Crippen LogP contribution in [-0.4, -0.2) is 78.8 Å². The summed E-state index contributed by atoms with van der Waals surface area (Å²) < 4.78 is 42.6. The molecule has 5 atom stereocenters. The second-order valence-corrected chi connectivity index (χ2v) is 17.3. The van der Waals surface area contributed by atoms with Gasteiger partial charge in [0.2, 0.25) is 10.0 Å². The highest BCUT2D eigenvalue weighted by Crippen LogP contribution is 2.47. The molecular formula is C38H49ClN6O5S. The van der Waals surface area contributed by atoms with Crippen molar-refractivity contribution in [1.82, 2.24) is 25.0 Å². The Bertz CT molecular complexity index is 1880.